The minimum Gasteiger partial charge on any atom is -0.364 e. The van der Waals surface area contributed by atoms with Gasteiger partial charge in [0.05, 0.1) is 11.8 Å². The van der Waals surface area contributed by atoms with Crippen LogP contribution >= 0.6 is 24.0 Å². The molecule has 0 spiro atoms. The number of carbonyl (C=O) groups is 1. The Morgan fingerprint density at radius 2 is 2.00 bits per heavy atom. The summed E-state index contributed by atoms with van der Waals surface area (Å²) >= 11 is 6.49. The quantitative estimate of drug-likeness (QED) is 0.860. The summed E-state index contributed by atoms with van der Waals surface area (Å²) in [5.41, 5.74) is 1.10. The van der Waals surface area contributed by atoms with Gasteiger partial charge in [-0.2, -0.15) is 0 Å². The van der Waals surface area contributed by atoms with Crippen molar-refractivity contribution in [2.45, 2.75) is 13.0 Å². The monoisotopic (exact) mass is 282 g/mol. The van der Waals surface area contributed by atoms with E-state index in [-0.39, 0.29) is 11.9 Å². The summed E-state index contributed by atoms with van der Waals surface area (Å²) in [6.45, 7) is 1.97. The van der Waals surface area contributed by atoms with Gasteiger partial charge in [0.15, 0.2) is 0 Å². The lowest BCUT2D eigenvalue weighted by atomic mass is 10.1. The molecule has 0 heterocycles. The standard InChI is InChI=1S/C13H18N2OS2/c1-10(11-7-5-4-6-8-11)14-12(16)9-18-13(17)15(2)3/h4-8,10H,9H2,1-3H3,(H,14,16). The first-order chi connectivity index (χ1) is 8.50. The molecule has 1 rings (SSSR count). The van der Waals surface area contributed by atoms with E-state index in [1.807, 2.05) is 56.3 Å². The fourth-order valence-electron chi connectivity index (χ4n) is 1.36. The van der Waals surface area contributed by atoms with Crippen LogP contribution in [0.1, 0.15) is 18.5 Å². The molecular weight excluding hydrogens is 264 g/mol. The Balaban J connectivity index is 2.39. The minimum absolute atomic E-state index is 0.000512. The van der Waals surface area contributed by atoms with Crippen LogP contribution in [-0.4, -0.2) is 35.0 Å². The highest BCUT2D eigenvalue weighted by Crippen LogP contribution is 2.12. The number of amides is 1. The SMILES string of the molecule is CC(NC(=O)CSC(=S)N(C)C)c1ccccc1. The van der Waals surface area contributed by atoms with E-state index in [0.717, 1.165) is 9.88 Å². The molecule has 1 unspecified atom stereocenters. The van der Waals surface area contributed by atoms with Crippen LogP contribution in [-0.2, 0) is 4.79 Å². The van der Waals surface area contributed by atoms with Crippen LogP contribution in [0, 0.1) is 0 Å². The van der Waals surface area contributed by atoms with E-state index in [1.54, 1.807) is 0 Å². The van der Waals surface area contributed by atoms with Gasteiger partial charge in [0.2, 0.25) is 5.91 Å². The largest absolute Gasteiger partial charge is 0.364 e. The number of hydrogen-bond donors (Lipinski definition) is 1. The molecule has 0 bridgehead atoms. The third-order valence-corrected chi connectivity index (χ3v) is 4.11. The van der Waals surface area contributed by atoms with Crippen LogP contribution in [0.25, 0.3) is 0 Å². The topological polar surface area (TPSA) is 32.3 Å². The van der Waals surface area contributed by atoms with Crippen molar-refractivity contribution in [3.8, 4) is 0 Å². The van der Waals surface area contributed by atoms with E-state index in [9.17, 15) is 4.79 Å². The summed E-state index contributed by atoms with van der Waals surface area (Å²) < 4.78 is 0.720. The summed E-state index contributed by atoms with van der Waals surface area (Å²) in [6, 6.07) is 9.92. The van der Waals surface area contributed by atoms with Crippen molar-refractivity contribution >= 4 is 34.2 Å². The van der Waals surface area contributed by atoms with E-state index in [0.29, 0.717) is 5.75 Å². The molecule has 0 aliphatic rings. The molecule has 0 saturated carbocycles. The van der Waals surface area contributed by atoms with E-state index in [1.165, 1.54) is 11.8 Å². The number of benzene rings is 1. The molecule has 98 valence electrons. The fraction of sp³-hybridized carbons (Fsp3) is 0.385. The summed E-state index contributed by atoms with van der Waals surface area (Å²) in [4.78, 5) is 13.6. The maximum atomic E-state index is 11.7. The molecule has 3 nitrogen and oxygen atoms in total. The van der Waals surface area contributed by atoms with E-state index in [2.05, 4.69) is 5.32 Å². The predicted molar refractivity (Wildman–Crippen MR) is 81.7 cm³/mol. The van der Waals surface area contributed by atoms with E-state index < -0.39 is 0 Å². The van der Waals surface area contributed by atoms with Gasteiger partial charge in [0, 0.05) is 14.1 Å². The Morgan fingerprint density at radius 1 is 1.39 bits per heavy atom. The number of nitrogens with one attached hydrogen (secondary N) is 1. The zero-order valence-electron chi connectivity index (χ0n) is 10.8. The van der Waals surface area contributed by atoms with E-state index in [4.69, 9.17) is 12.2 Å². The first-order valence-electron chi connectivity index (χ1n) is 5.69. The molecule has 1 amide bonds. The van der Waals surface area contributed by atoms with Crippen LogP contribution in [0.15, 0.2) is 30.3 Å². The minimum atomic E-state index is 0.000512. The van der Waals surface area contributed by atoms with Crippen molar-refractivity contribution in [3.05, 3.63) is 35.9 Å². The molecule has 0 radical (unpaired) electrons. The molecule has 1 aromatic carbocycles. The highest BCUT2D eigenvalue weighted by atomic mass is 32.2. The van der Waals surface area contributed by atoms with Crippen molar-refractivity contribution in [1.82, 2.24) is 10.2 Å². The smallest absolute Gasteiger partial charge is 0.230 e. The normalized spacial score (nSPS) is 11.7. The van der Waals surface area contributed by atoms with Gasteiger partial charge in [-0.25, -0.2) is 0 Å². The van der Waals surface area contributed by atoms with Crippen molar-refractivity contribution in [2.75, 3.05) is 19.8 Å². The van der Waals surface area contributed by atoms with Crippen LogP contribution in [0.2, 0.25) is 0 Å². The average molecular weight is 282 g/mol. The number of thiocarbonyl (C=S) groups is 1. The third-order valence-electron chi connectivity index (χ3n) is 2.37. The maximum Gasteiger partial charge on any atom is 0.230 e. The van der Waals surface area contributed by atoms with Crippen molar-refractivity contribution in [3.63, 3.8) is 0 Å². The van der Waals surface area contributed by atoms with Crippen molar-refractivity contribution < 1.29 is 4.79 Å². The van der Waals surface area contributed by atoms with Gasteiger partial charge in [-0.1, -0.05) is 54.3 Å². The lowest BCUT2D eigenvalue weighted by Gasteiger charge is -2.15. The zero-order valence-corrected chi connectivity index (χ0v) is 12.5. The molecule has 1 N–H and O–H groups in total. The third kappa shape index (κ3) is 5.06. The van der Waals surface area contributed by atoms with Gasteiger partial charge < -0.3 is 10.2 Å². The van der Waals surface area contributed by atoms with Gasteiger partial charge in [0.1, 0.15) is 4.32 Å². The predicted octanol–water partition coefficient (Wildman–Crippen LogP) is 2.44. The lowest BCUT2D eigenvalue weighted by Crippen LogP contribution is -2.29. The van der Waals surface area contributed by atoms with Crippen molar-refractivity contribution in [1.29, 1.82) is 0 Å². The number of hydrogen-bond acceptors (Lipinski definition) is 3. The molecule has 1 aromatic rings. The molecule has 18 heavy (non-hydrogen) atoms. The second kappa shape index (κ2) is 7.38. The summed E-state index contributed by atoms with van der Waals surface area (Å²) in [5.74, 6) is 0.356. The van der Waals surface area contributed by atoms with Crippen LogP contribution in [0.3, 0.4) is 0 Å². The first-order valence-corrected chi connectivity index (χ1v) is 7.08. The van der Waals surface area contributed by atoms with Gasteiger partial charge >= 0.3 is 0 Å². The number of carbonyl (C=O) groups excluding carboxylic acids is 1. The van der Waals surface area contributed by atoms with Crippen LogP contribution < -0.4 is 5.32 Å². The highest BCUT2D eigenvalue weighted by molar-refractivity contribution is 8.23. The summed E-state index contributed by atoms with van der Waals surface area (Å²) in [5, 5.41) is 2.95. The fourth-order valence-corrected chi connectivity index (χ4v) is 2.14. The Kier molecular flexibility index (Phi) is 6.15. The lowest BCUT2D eigenvalue weighted by molar-refractivity contribution is -0.119. The molecule has 0 aromatic heterocycles. The second-order valence-electron chi connectivity index (χ2n) is 4.15. The van der Waals surface area contributed by atoms with Crippen LogP contribution in [0.5, 0.6) is 0 Å². The Bertz CT molecular complexity index is 407. The second-order valence-corrected chi connectivity index (χ2v) is 5.76. The van der Waals surface area contributed by atoms with Gasteiger partial charge in [-0.05, 0) is 12.5 Å². The Hall–Kier alpha value is -1.07. The number of nitrogens with zero attached hydrogens (tertiary/aromatic N) is 1. The highest BCUT2D eigenvalue weighted by Gasteiger charge is 2.10. The van der Waals surface area contributed by atoms with Gasteiger partial charge in [-0.3, -0.25) is 4.79 Å². The molecule has 5 heteroatoms. The molecule has 1 atom stereocenters. The summed E-state index contributed by atoms with van der Waals surface area (Å²) in [7, 11) is 3.75. The van der Waals surface area contributed by atoms with E-state index >= 15 is 0 Å². The number of thioether (sulfide) groups is 1. The molecule has 0 fully saturated rings. The van der Waals surface area contributed by atoms with Gasteiger partial charge in [0.25, 0.3) is 0 Å². The summed E-state index contributed by atoms with van der Waals surface area (Å²) in [6.07, 6.45) is 0. The van der Waals surface area contributed by atoms with Crippen molar-refractivity contribution in [2.24, 2.45) is 0 Å². The molecule has 0 saturated heterocycles. The first kappa shape index (κ1) is 15.0. The molecular formula is C13H18N2OS2. The maximum absolute atomic E-state index is 11.7. The Morgan fingerprint density at radius 3 is 2.56 bits per heavy atom. The average Bonchev–Trinajstić information content (AvgIpc) is 2.36. The molecule has 0 aliphatic heterocycles. The Labute approximate surface area is 118 Å². The number of rotatable bonds is 4. The van der Waals surface area contributed by atoms with Gasteiger partial charge in [-0.15, -0.1) is 0 Å². The van der Waals surface area contributed by atoms with Crippen LogP contribution in [0.4, 0.5) is 0 Å². The molecule has 0 aliphatic carbocycles. The zero-order chi connectivity index (χ0) is 13.5.